The summed E-state index contributed by atoms with van der Waals surface area (Å²) in [5.74, 6) is 0.524. The van der Waals surface area contributed by atoms with Crippen molar-refractivity contribution in [3.8, 4) is 0 Å². The van der Waals surface area contributed by atoms with Gasteiger partial charge in [-0.25, -0.2) is 9.97 Å². The van der Waals surface area contributed by atoms with Gasteiger partial charge >= 0.3 is 0 Å². The maximum absolute atomic E-state index is 12.4. The number of carbonyl (C=O) groups is 1. The first kappa shape index (κ1) is 15.7. The summed E-state index contributed by atoms with van der Waals surface area (Å²) >= 11 is 6.31. The largest absolute Gasteiger partial charge is 0.339 e. The van der Waals surface area contributed by atoms with Crippen LogP contribution in [0.2, 0.25) is 5.02 Å². The van der Waals surface area contributed by atoms with Gasteiger partial charge in [0.05, 0.1) is 10.7 Å². The molecule has 1 aliphatic rings. The molecule has 2 aromatic rings. The van der Waals surface area contributed by atoms with Crippen LogP contribution in [0.15, 0.2) is 24.5 Å². The van der Waals surface area contributed by atoms with Gasteiger partial charge in [-0.15, -0.1) is 0 Å². The molecule has 0 aliphatic carbocycles. The molecule has 0 saturated carbocycles. The molecular formula is C17H19ClN4O. The normalized spacial score (nSPS) is 14.1. The van der Waals surface area contributed by atoms with Gasteiger partial charge in [0.2, 0.25) is 0 Å². The first-order valence-electron chi connectivity index (χ1n) is 7.69. The Morgan fingerprint density at radius 1 is 1.17 bits per heavy atom. The number of halogens is 1. The lowest BCUT2D eigenvalue weighted by Gasteiger charge is -2.15. The predicted octanol–water partition coefficient (Wildman–Crippen LogP) is 3.73. The number of nitrogens with one attached hydrogen (secondary N) is 1. The molecule has 0 spiro atoms. The van der Waals surface area contributed by atoms with E-state index in [4.69, 9.17) is 11.6 Å². The molecule has 2 heterocycles. The predicted molar refractivity (Wildman–Crippen MR) is 91.4 cm³/mol. The Balaban J connectivity index is 1.84. The number of anilines is 2. The molecule has 1 aliphatic heterocycles. The van der Waals surface area contributed by atoms with Crippen molar-refractivity contribution in [2.24, 2.45) is 0 Å². The van der Waals surface area contributed by atoms with Crippen LogP contribution in [0, 0.1) is 13.8 Å². The van der Waals surface area contributed by atoms with Gasteiger partial charge in [-0.3, -0.25) is 4.79 Å². The van der Waals surface area contributed by atoms with Crippen molar-refractivity contribution in [2.75, 3.05) is 18.4 Å². The number of benzene rings is 1. The molecule has 1 aromatic heterocycles. The van der Waals surface area contributed by atoms with E-state index in [-0.39, 0.29) is 5.91 Å². The Morgan fingerprint density at radius 3 is 2.61 bits per heavy atom. The molecule has 120 valence electrons. The lowest BCUT2D eigenvalue weighted by atomic mass is 10.1. The van der Waals surface area contributed by atoms with Crippen LogP contribution >= 0.6 is 11.6 Å². The minimum absolute atomic E-state index is 0.0420. The second kappa shape index (κ2) is 6.54. The summed E-state index contributed by atoms with van der Waals surface area (Å²) in [5, 5.41) is 3.83. The average molecular weight is 331 g/mol. The summed E-state index contributed by atoms with van der Waals surface area (Å²) in [4.78, 5) is 22.5. The molecule has 1 N–H and O–H groups in total. The number of amides is 1. The molecule has 0 atom stereocenters. The van der Waals surface area contributed by atoms with Crippen LogP contribution in [0.4, 0.5) is 11.5 Å². The highest BCUT2D eigenvalue weighted by Gasteiger charge is 2.21. The van der Waals surface area contributed by atoms with Crippen LogP contribution in [-0.2, 0) is 0 Å². The van der Waals surface area contributed by atoms with Crippen molar-refractivity contribution >= 4 is 29.0 Å². The SMILES string of the molecule is Cc1cc(C)c(Nc2cc(C(=O)N3CCCC3)ncn2)c(Cl)c1. The molecule has 0 radical (unpaired) electrons. The van der Waals surface area contributed by atoms with Gasteiger partial charge < -0.3 is 10.2 Å². The van der Waals surface area contributed by atoms with E-state index >= 15 is 0 Å². The van der Waals surface area contributed by atoms with Crippen molar-refractivity contribution in [3.63, 3.8) is 0 Å². The number of hydrogen-bond donors (Lipinski definition) is 1. The lowest BCUT2D eigenvalue weighted by Crippen LogP contribution is -2.28. The molecule has 5 nitrogen and oxygen atoms in total. The van der Waals surface area contributed by atoms with Crippen molar-refractivity contribution < 1.29 is 4.79 Å². The van der Waals surface area contributed by atoms with E-state index in [1.807, 2.05) is 30.9 Å². The van der Waals surface area contributed by atoms with Crippen LogP contribution < -0.4 is 5.32 Å². The number of hydrogen-bond acceptors (Lipinski definition) is 4. The standard InChI is InChI=1S/C17H19ClN4O/c1-11-7-12(2)16(13(18)8-11)21-15-9-14(19-10-20-15)17(23)22-5-3-4-6-22/h7-10H,3-6H2,1-2H3,(H,19,20,21). The van der Waals surface area contributed by atoms with Crippen molar-refractivity contribution in [2.45, 2.75) is 26.7 Å². The van der Waals surface area contributed by atoms with Gasteiger partial charge in [0, 0.05) is 19.2 Å². The van der Waals surface area contributed by atoms with Crippen LogP contribution in [0.1, 0.15) is 34.5 Å². The summed E-state index contributed by atoms with van der Waals surface area (Å²) in [6, 6.07) is 5.62. The zero-order valence-corrected chi connectivity index (χ0v) is 14.0. The third-order valence-electron chi connectivity index (χ3n) is 3.96. The maximum Gasteiger partial charge on any atom is 0.272 e. The highest BCUT2D eigenvalue weighted by atomic mass is 35.5. The fraction of sp³-hybridized carbons (Fsp3) is 0.353. The highest BCUT2D eigenvalue weighted by Crippen LogP contribution is 2.29. The fourth-order valence-corrected chi connectivity index (χ4v) is 3.20. The van der Waals surface area contributed by atoms with Gasteiger partial charge in [-0.05, 0) is 43.9 Å². The first-order valence-corrected chi connectivity index (χ1v) is 8.07. The van der Waals surface area contributed by atoms with E-state index in [9.17, 15) is 4.79 Å². The second-order valence-electron chi connectivity index (χ2n) is 5.85. The van der Waals surface area contributed by atoms with Crippen molar-refractivity contribution in [1.82, 2.24) is 14.9 Å². The molecule has 1 aromatic carbocycles. The zero-order chi connectivity index (χ0) is 16.4. The number of rotatable bonds is 3. The smallest absolute Gasteiger partial charge is 0.272 e. The molecule has 0 bridgehead atoms. The second-order valence-corrected chi connectivity index (χ2v) is 6.26. The maximum atomic E-state index is 12.4. The van der Waals surface area contributed by atoms with Crippen LogP contribution in [0.5, 0.6) is 0 Å². The molecule has 23 heavy (non-hydrogen) atoms. The highest BCUT2D eigenvalue weighted by molar-refractivity contribution is 6.33. The number of likely N-dealkylation sites (tertiary alicyclic amines) is 1. The van der Waals surface area contributed by atoms with Gasteiger partial charge in [0.1, 0.15) is 17.8 Å². The molecule has 6 heteroatoms. The summed E-state index contributed by atoms with van der Waals surface area (Å²) in [6.07, 6.45) is 3.52. The third kappa shape index (κ3) is 3.45. The van der Waals surface area contributed by atoms with Gasteiger partial charge in [0.15, 0.2) is 0 Å². The van der Waals surface area contributed by atoms with Gasteiger partial charge in [-0.1, -0.05) is 17.7 Å². The van der Waals surface area contributed by atoms with Gasteiger partial charge in [0.25, 0.3) is 5.91 Å². The van der Waals surface area contributed by atoms with Crippen LogP contribution in [0.25, 0.3) is 0 Å². The van der Waals surface area contributed by atoms with Crippen molar-refractivity contribution in [3.05, 3.63) is 46.4 Å². The third-order valence-corrected chi connectivity index (χ3v) is 4.26. The Bertz CT molecular complexity index is 718. The average Bonchev–Trinajstić information content (AvgIpc) is 3.05. The monoisotopic (exact) mass is 330 g/mol. The number of carbonyl (C=O) groups excluding carboxylic acids is 1. The molecule has 1 fully saturated rings. The Kier molecular flexibility index (Phi) is 4.48. The van der Waals surface area contributed by atoms with E-state index in [2.05, 4.69) is 15.3 Å². The Labute approximate surface area is 140 Å². The quantitative estimate of drug-likeness (QED) is 0.931. The Hall–Kier alpha value is -2.14. The lowest BCUT2D eigenvalue weighted by molar-refractivity contribution is 0.0787. The summed E-state index contributed by atoms with van der Waals surface area (Å²) < 4.78 is 0. The first-order chi connectivity index (χ1) is 11.0. The fourth-order valence-electron chi connectivity index (χ4n) is 2.83. The number of aryl methyl sites for hydroxylation is 2. The summed E-state index contributed by atoms with van der Waals surface area (Å²) in [5.41, 5.74) is 3.34. The van der Waals surface area contributed by atoms with Crippen LogP contribution in [-0.4, -0.2) is 33.9 Å². The minimum Gasteiger partial charge on any atom is -0.339 e. The molecule has 3 rings (SSSR count). The van der Waals surface area contributed by atoms with Gasteiger partial charge in [-0.2, -0.15) is 0 Å². The summed E-state index contributed by atoms with van der Waals surface area (Å²) in [7, 11) is 0. The molecular weight excluding hydrogens is 312 g/mol. The van der Waals surface area contributed by atoms with E-state index in [1.165, 1.54) is 6.33 Å². The minimum atomic E-state index is -0.0420. The van der Waals surface area contributed by atoms with E-state index in [1.54, 1.807) is 6.07 Å². The molecule has 1 saturated heterocycles. The van der Waals surface area contributed by atoms with E-state index in [0.29, 0.717) is 16.5 Å². The van der Waals surface area contributed by atoms with Crippen LogP contribution in [0.3, 0.4) is 0 Å². The number of nitrogens with zero attached hydrogens (tertiary/aromatic N) is 3. The van der Waals surface area contributed by atoms with E-state index < -0.39 is 0 Å². The molecule has 0 unspecified atom stereocenters. The summed E-state index contributed by atoms with van der Waals surface area (Å²) in [6.45, 7) is 5.59. The molecule has 1 amide bonds. The Morgan fingerprint density at radius 2 is 1.91 bits per heavy atom. The topological polar surface area (TPSA) is 58.1 Å². The zero-order valence-electron chi connectivity index (χ0n) is 13.3. The number of aromatic nitrogens is 2. The van der Waals surface area contributed by atoms with E-state index in [0.717, 1.165) is 42.7 Å². The van der Waals surface area contributed by atoms with Crippen molar-refractivity contribution in [1.29, 1.82) is 0 Å².